The molecule has 1 aromatic heterocycles. The van der Waals surface area contributed by atoms with Crippen molar-refractivity contribution < 1.29 is 4.39 Å². The molecule has 0 fully saturated rings. The van der Waals surface area contributed by atoms with E-state index in [1.54, 1.807) is 17.4 Å². The van der Waals surface area contributed by atoms with Crippen LogP contribution in [0.1, 0.15) is 0 Å². The van der Waals surface area contributed by atoms with Crippen molar-refractivity contribution in [3.8, 4) is 0 Å². The van der Waals surface area contributed by atoms with Crippen LogP contribution in [0.4, 0.5) is 4.39 Å². The molecule has 62 valence electrons. The Morgan fingerprint density at radius 1 is 1.33 bits per heavy atom. The van der Waals surface area contributed by atoms with Gasteiger partial charge >= 0.3 is 0 Å². The molecule has 0 saturated heterocycles. The Morgan fingerprint density at radius 2 is 2.08 bits per heavy atom. The Bertz CT molecular complexity index is 397. The van der Waals surface area contributed by atoms with Crippen LogP contribution < -0.4 is 0 Å². The lowest BCUT2D eigenvalue weighted by molar-refractivity contribution is 0.605. The summed E-state index contributed by atoms with van der Waals surface area (Å²) in [5.74, 6) is -0.250. The van der Waals surface area contributed by atoms with E-state index in [4.69, 9.17) is 0 Å². The van der Waals surface area contributed by atoms with E-state index in [-0.39, 0.29) is 5.82 Å². The highest BCUT2D eigenvalue weighted by molar-refractivity contribution is 14.1. The molecule has 0 saturated carbocycles. The predicted molar refractivity (Wildman–Crippen MR) is 61.8 cm³/mol. The summed E-state index contributed by atoms with van der Waals surface area (Å²) in [7, 11) is 0. The number of thiophene rings is 1. The van der Waals surface area contributed by atoms with E-state index in [9.17, 15) is 4.39 Å². The maximum Gasteiger partial charge on any atom is 0.137 e. The number of thiol groups is 1. The van der Waals surface area contributed by atoms with Crippen LogP contribution in [-0.2, 0) is 0 Å². The molecule has 0 spiro atoms. The number of rotatable bonds is 0. The van der Waals surface area contributed by atoms with Gasteiger partial charge in [-0.15, -0.1) is 24.0 Å². The molecule has 0 aliphatic heterocycles. The van der Waals surface area contributed by atoms with E-state index in [0.717, 1.165) is 10.1 Å². The lowest BCUT2D eigenvalue weighted by atomic mass is 10.2. The van der Waals surface area contributed by atoms with Gasteiger partial charge in [0.15, 0.2) is 0 Å². The van der Waals surface area contributed by atoms with Gasteiger partial charge in [0.1, 0.15) is 5.82 Å². The van der Waals surface area contributed by atoms with Crippen molar-refractivity contribution >= 4 is 56.6 Å². The average Bonchev–Trinajstić information content (AvgIpc) is 2.30. The summed E-state index contributed by atoms with van der Waals surface area (Å²) in [6.45, 7) is 0. The number of halogens is 2. The molecule has 0 unspecified atom stereocenters. The van der Waals surface area contributed by atoms with Crippen LogP contribution in [0.3, 0.4) is 0 Å². The number of hydrogen-bond donors (Lipinski definition) is 1. The standard InChI is InChI=1S/C8H4FIS2/c9-5-1-4-2-8(10)12-7(4)3-6(5)11/h1-3,11H. The monoisotopic (exact) mass is 310 g/mol. The second-order valence-electron chi connectivity index (χ2n) is 2.39. The maximum absolute atomic E-state index is 13.0. The van der Waals surface area contributed by atoms with Crippen LogP contribution in [0.5, 0.6) is 0 Å². The van der Waals surface area contributed by atoms with E-state index in [2.05, 4.69) is 35.2 Å². The summed E-state index contributed by atoms with van der Waals surface area (Å²) in [4.78, 5) is 0.417. The maximum atomic E-state index is 13.0. The minimum absolute atomic E-state index is 0.250. The van der Waals surface area contributed by atoms with Crippen molar-refractivity contribution in [2.45, 2.75) is 4.90 Å². The van der Waals surface area contributed by atoms with Gasteiger partial charge in [-0.05, 0) is 46.2 Å². The molecule has 0 aliphatic carbocycles. The third kappa shape index (κ3) is 1.47. The Kier molecular flexibility index (Phi) is 2.31. The quantitative estimate of drug-likeness (QED) is 0.553. The highest BCUT2D eigenvalue weighted by Crippen LogP contribution is 2.29. The van der Waals surface area contributed by atoms with Gasteiger partial charge in [0, 0.05) is 9.60 Å². The van der Waals surface area contributed by atoms with Gasteiger partial charge in [-0.2, -0.15) is 0 Å². The molecule has 0 aliphatic rings. The second kappa shape index (κ2) is 3.16. The van der Waals surface area contributed by atoms with Crippen molar-refractivity contribution in [3.63, 3.8) is 0 Å². The molecule has 4 heteroatoms. The number of fused-ring (bicyclic) bond motifs is 1. The molecule has 0 bridgehead atoms. The first-order valence-electron chi connectivity index (χ1n) is 3.24. The average molecular weight is 310 g/mol. The predicted octanol–water partition coefficient (Wildman–Crippen LogP) is 3.93. The highest BCUT2D eigenvalue weighted by atomic mass is 127. The fourth-order valence-corrected chi connectivity index (χ4v) is 3.15. The zero-order valence-electron chi connectivity index (χ0n) is 5.84. The smallest absolute Gasteiger partial charge is 0.137 e. The third-order valence-corrected chi connectivity index (χ3v) is 3.76. The SMILES string of the molecule is Fc1cc2cc(I)sc2cc1S. The van der Waals surface area contributed by atoms with Gasteiger partial charge in [0.05, 0.1) is 2.88 Å². The minimum atomic E-state index is -0.250. The fourth-order valence-electron chi connectivity index (χ4n) is 1.02. The van der Waals surface area contributed by atoms with Gasteiger partial charge in [0.2, 0.25) is 0 Å². The first-order valence-corrected chi connectivity index (χ1v) is 5.58. The largest absolute Gasteiger partial charge is 0.206 e. The Labute approximate surface area is 92.3 Å². The van der Waals surface area contributed by atoms with E-state index in [0.29, 0.717) is 4.90 Å². The van der Waals surface area contributed by atoms with E-state index >= 15 is 0 Å². The molecule has 1 aromatic carbocycles. The van der Waals surface area contributed by atoms with E-state index in [1.165, 1.54) is 8.95 Å². The summed E-state index contributed by atoms with van der Waals surface area (Å²) in [5, 5.41) is 0.958. The summed E-state index contributed by atoms with van der Waals surface area (Å²) in [6, 6.07) is 5.26. The zero-order chi connectivity index (χ0) is 8.72. The first-order chi connectivity index (χ1) is 5.66. The Morgan fingerprint density at radius 3 is 2.83 bits per heavy atom. The van der Waals surface area contributed by atoms with Crippen LogP contribution >= 0.6 is 46.6 Å². The first kappa shape index (κ1) is 8.77. The molecular formula is C8H4FIS2. The number of hydrogen-bond acceptors (Lipinski definition) is 2. The molecular weight excluding hydrogens is 306 g/mol. The highest BCUT2D eigenvalue weighted by Gasteiger charge is 2.03. The van der Waals surface area contributed by atoms with Crippen molar-refractivity contribution in [1.82, 2.24) is 0 Å². The van der Waals surface area contributed by atoms with E-state index in [1.807, 2.05) is 6.07 Å². The number of benzene rings is 1. The van der Waals surface area contributed by atoms with Gasteiger partial charge in [0.25, 0.3) is 0 Å². The lowest BCUT2D eigenvalue weighted by Crippen LogP contribution is -1.74. The van der Waals surface area contributed by atoms with Gasteiger partial charge < -0.3 is 0 Å². The molecule has 0 amide bonds. The van der Waals surface area contributed by atoms with Crippen molar-refractivity contribution in [2.24, 2.45) is 0 Å². The normalized spacial score (nSPS) is 10.9. The third-order valence-electron chi connectivity index (χ3n) is 1.56. The zero-order valence-corrected chi connectivity index (χ0v) is 9.71. The van der Waals surface area contributed by atoms with Gasteiger partial charge in [-0.25, -0.2) is 4.39 Å². The van der Waals surface area contributed by atoms with Crippen LogP contribution in [0.25, 0.3) is 10.1 Å². The van der Waals surface area contributed by atoms with Crippen LogP contribution in [-0.4, -0.2) is 0 Å². The second-order valence-corrected chi connectivity index (χ2v) is 5.85. The van der Waals surface area contributed by atoms with Crippen LogP contribution in [0.2, 0.25) is 0 Å². The van der Waals surface area contributed by atoms with Crippen molar-refractivity contribution in [3.05, 3.63) is 26.9 Å². The van der Waals surface area contributed by atoms with Crippen LogP contribution in [0, 0.1) is 8.70 Å². The molecule has 1 heterocycles. The lowest BCUT2D eigenvalue weighted by Gasteiger charge is -1.93. The molecule has 0 radical (unpaired) electrons. The van der Waals surface area contributed by atoms with E-state index < -0.39 is 0 Å². The summed E-state index contributed by atoms with van der Waals surface area (Å²) < 4.78 is 15.2. The molecule has 0 atom stereocenters. The molecule has 2 rings (SSSR count). The van der Waals surface area contributed by atoms with Gasteiger partial charge in [-0.1, -0.05) is 0 Å². The minimum Gasteiger partial charge on any atom is -0.206 e. The molecule has 0 N–H and O–H groups in total. The fraction of sp³-hybridized carbons (Fsp3) is 0. The summed E-state index contributed by atoms with van der Waals surface area (Å²) in [5.41, 5.74) is 0. The molecule has 12 heavy (non-hydrogen) atoms. The summed E-state index contributed by atoms with van der Waals surface area (Å²) in [6.07, 6.45) is 0. The van der Waals surface area contributed by atoms with Crippen molar-refractivity contribution in [1.29, 1.82) is 0 Å². The molecule has 0 nitrogen and oxygen atoms in total. The topological polar surface area (TPSA) is 0 Å². The Hall–Kier alpha value is 0.190. The van der Waals surface area contributed by atoms with Gasteiger partial charge in [-0.3, -0.25) is 0 Å². The molecule has 2 aromatic rings. The Balaban J connectivity index is 2.83. The summed E-state index contributed by atoms with van der Waals surface area (Å²) >= 11 is 7.89. The van der Waals surface area contributed by atoms with Crippen LogP contribution in [0.15, 0.2) is 23.1 Å². The van der Waals surface area contributed by atoms with Crippen molar-refractivity contribution in [2.75, 3.05) is 0 Å².